The first-order chi connectivity index (χ1) is 94.4. The van der Waals surface area contributed by atoms with Crippen molar-refractivity contribution in [2.24, 2.45) is 0 Å². The fraction of sp³-hybridized carbons (Fsp3) is 0. The van der Waals surface area contributed by atoms with E-state index in [-0.39, 0.29) is 167 Å². The molecule has 0 aliphatic heterocycles. The van der Waals surface area contributed by atoms with E-state index in [0.29, 0.717) is 38.9 Å². The quantitative estimate of drug-likeness (QED) is 0.126. The summed E-state index contributed by atoms with van der Waals surface area (Å²) in [6.07, 6.45) is 0. The zero-order valence-corrected chi connectivity index (χ0v) is 74.2. The Morgan fingerprint density at radius 1 is 0.0972 bits per heavy atom. The van der Waals surface area contributed by atoms with Crippen molar-refractivity contribution in [3.05, 3.63) is 508 Å². The third-order valence-electron chi connectivity index (χ3n) is 27.8. The van der Waals surface area contributed by atoms with Gasteiger partial charge in [0, 0.05) is 0 Å². The van der Waals surface area contributed by atoms with Gasteiger partial charge in [0.25, 0.3) is 0 Å². The minimum absolute atomic E-state index is 0.0235. The Balaban J connectivity index is 0.000000125. The van der Waals surface area contributed by atoms with E-state index >= 15 is 0 Å². The molecule has 0 heterocycles. The van der Waals surface area contributed by atoms with Crippen LogP contribution in [0.15, 0.2) is 508 Å². The normalized spacial score (nSPS) is 17.5. The Morgan fingerprint density at radius 2 is 0.368 bits per heavy atom. The van der Waals surface area contributed by atoms with Gasteiger partial charge in [-0.1, -0.05) is 508 Å². The van der Waals surface area contributed by atoms with Crippen LogP contribution in [0.25, 0.3) is 326 Å². The van der Waals surface area contributed by atoms with Crippen LogP contribution >= 0.6 is 0 Å². The fourth-order valence-electron chi connectivity index (χ4n) is 21.5. The molecule has 144 heavy (non-hydrogen) atoms. The van der Waals surface area contributed by atoms with Crippen LogP contribution in [0.3, 0.4) is 0 Å². The molecule has 0 nitrogen and oxygen atoms in total. The molecule has 0 radical (unpaired) electrons. The second-order valence-corrected chi connectivity index (χ2v) is 35.3. The lowest BCUT2D eigenvalue weighted by atomic mass is 9.85. The molecule has 0 saturated heterocycles. The van der Waals surface area contributed by atoms with Crippen molar-refractivity contribution in [1.82, 2.24) is 0 Å². The van der Waals surface area contributed by atoms with Crippen LogP contribution in [-0.2, 0) is 0 Å². The zero-order valence-electron chi connectivity index (χ0n) is 129. The lowest BCUT2D eigenvalue weighted by Gasteiger charge is -2.18. The van der Waals surface area contributed by atoms with Gasteiger partial charge in [0.1, 0.15) is 0 Å². The summed E-state index contributed by atoms with van der Waals surface area (Å²) in [5.41, 5.74) is -1.29. The van der Waals surface area contributed by atoms with Gasteiger partial charge in [-0.15, -0.1) is 0 Å². The van der Waals surface area contributed by atoms with E-state index in [0.717, 1.165) is 75.4 Å². The molecule has 0 amide bonds. The van der Waals surface area contributed by atoms with Gasteiger partial charge in [-0.3, -0.25) is 0 Å². The summed E-state index contributed by atoms with van der Waals surface area (Å²) in [5, 5.41) is 6.17. The van der Waals surface area contributed by atoms with Crippen LogP contribution in [-0.4, -0.2) is 0 Å². The summed E-state index contributed by atoms with van der Waals surface area (Å²) >= 11 is 0. The SMILES string of the molecule is [2H]c1c([2H])c(-c2c(-c3ccc4ccc5cccc6ccc3c4c56)c([2H])c([2H])c3c([2H])c([2H])c([2H])c([2H])c23)c([2H])c([2H])c1-c1ccc2ccc3cccc4ccc1c2c34.[2H]c1c([2H])c(-c2c([2H])c([2H])c3c([2H])c([2H])c4c([2H])c([2H])c([2H])c5c([2H])c([2H])c2c3c45)c([2H])c([2H])c1-c1c(-c2c([2H])c([2H])c3c([2H])c([2H])c4c([2H])c([2H])c([2H])c5c([2H])c([2H])c2c3c45)c([2H])c([2H])c2c([2H])c([2H])c([2H])c([2H])c12.[2H]c1c([2H])c2c([2H])c([2H])c3c([2H])cc(-c4ccc5ccccc5c4-c4ccc(-c5c([2H])c([2H])c6c([2H])c([2H])c7c([2H])c([2H])c([2H])c8c([2H])c([2H])c5c6c78)cc4)c4c([2H])c([2H])c(c1[2H])c2c34. The molecule has 0 N–H and O–H groups in total. The van der Waals surface area contributed by atoms with E-state index in [1.807, 2.05) is 140 Å². The maximum absolute atomic E-state index is 9.78. The Bertz CT molecular complexity index is 14600. The van der Waals surface area contributed by atoms with E-state index < -0.39 is 377 Å². The first-order valence-corrected chi connectivity index (χ1v) is 45.8. The maximum atomic E-state index is 9.78. The monoisotopic (exact) mass is 1870 g/mol. The molecule has 33 aromatic rings. The third kappa shape index (κ3) is 12.2. The molecular formula is C144H84. The van der Waals surface area contributed by atoms with Crippen molar-refractivity contribution in [1.29, 1.82) is 0 Å². The molecule has 33 rings (SSSR count). The average molecular weight is 1870 g/mol. The topological polar surface area (TPSA) is 0 Å². The summed E-state index contributed by atoms with van der Waals surface area (Å²) in [7, 11) is 0. The number of benzene rings is 33. The molecule has 0 aliphatic rings. The van der Waals surface area contributed by atoms with Crippen molar-refractivity contribution in [3.8, 4) is 100 Å². The van der Waals surface area contributed by atoms with Gasteiger partial charge < -0.3 is 0 Å². The largest absolute Gasteiger partial charge is 0.0630 e. The zero-order chi connectivity index (χ0) is 142. The molecule has 0 heteroatoms. The minimum atomic E-state index is -1.12. The lowest BCUT2D eigenvalue weighted by molar-refractivity contribution is 1.62. The van der Waals surface area contributed by atoms with Crippen molar-refractivity contribution in [3.63, 3.8) is 0 Å². The molecule has 0 atom stereocenters. The van der Waals surface area contributed by atoms with E-state index in [1.54, 1.807) is 24.3 Å². The predicted molar refractivity (Wildman–Crippen MR) is 623 cm³/mol. The third-order valence-corrected chi connectivity index (χ3v) is 27.8. The molecule has 0 bridgehead atoms. The molecule has 0 aliphatic carbocycles. The van der Waals surface area contributed by atoms with Gasteiger partial charge in [0.05, 0.1) is 75.4 Å². The second kappa shape index (κ2) is 31.4. The Morgan fingerprint density at radius 3 is 0.840 bits per heavy atom. The van der Waals surface area contributed by atoms with E-state index in [4.69, 9.17) is 41.1 Å². The van der Waals surface area contributed by atoms with Gasteiger partial charge in [-0.05, 0) is 326 Å². The van der Waals surface area contributed by atoms with Gasteiger partial charge in [-0.25, -0.2) is 0 Å². The Labute approximate surface area is 907 Å². The number of fused-ring (bicyclic) bond motifs is 3. The summed E-state index contributed by atoms with van der Waals surface area (Å²) in [6.45, 7) is 0. The van der Waals surface area contributed by atoms with Crippen molar-refractivity contribution >= 4 is 226 Å². The standard InChI is InChI=1S/3C48H28/c3*1-2-10-39-29(5-1)19-26-42(40-25-21-37-18-16-32-7-4-9-34-23-28-43(40)48(37)45(32)34)46(39)35-13-11-30(12-14-35)38-24-20-36-17-15-31-6-3-8-33-22-27-41(38)47(36)44(31)33/h3*1-28H/i1D,2D,3D,4D,5D,6D,7D,8D,9D,10D,11D,12D,13D,14D,15D,16D,17D,18D,19D,20D,21D,22D,23D,24D,25D,26D,27D,28D;3D,4D,6D,7D,8D,9D,15D,16D,17D,18D,20D,21D,22D,23D,24D,27D,28D;1D,2D,5D,10D,11D,12D,13D,14D,19D,26D. The van der Waals surface area contributed by atoms with Gasteiger partial charge in [-0.2, -0.15) is 0 Å². The smallest absolute Gasteiger partial charge is 0.0616 e. The van der Waals surface area contributed by atoms with Crippen molar-refractivity contribution in [2.45, 2.75) is 0 Å². The fourth-order valence-corrected chi connectivity index (χ4v) is 21.5. The molecular weight excluding hydrogens is 1730 g/mol. The number of hydrogen-bond donors (Lipinski definition) is 0. The highest BCUT2D eigenvalue weighted by molar-refractivity contribution is 6.33. The van der Waals surface area contributed by atoms with Gasteiger partial charge >= 0.3 is 0 Å². The Kier molecular flexibility index (Phi) is 9.54. The first kappa shape index (κ1) is 43.8. The number of rotatable bonds is 9. The van der Waals surface area contributed by atoms with Crippen LogP contribution in [0, 0.1) is 0 Å². The highest BCUT2D eigenvalue weighted by Crippen LogP contribution is 2.53. The summed E-state index contributed by atoms with van der Waals surface area (Å²) in [5.74, 6) is 0. The predicted octanol–water partition coefficient (Wildman–Crippen LogP) is 40.9. The second-order valence-electron chi connectivity index (χ2n) is 35.3. The number of hydrogen-bond acceptors (Lipinski definition) is 0. The molecule has 0 saturated carbocycles. The molecule has 0 spiro atoms. The molecule has 0 aromatic heterocycles. The minimum Gasteiger partial charge on any atom is -0.0616 e. The van der Waals surface area contributed by atoms with Crippen LogP contribution in [0.1, 0.15) is 75.4 Å². The highest BCUT2D eigenvalue weighted by Gasteiger charge is 2.26. The van der Waals surface area contributed by atoms with Crippen molar-refractivity contribution in [2.75, 3.05) is 0 Å². The van der Waals surface area contributed by atoms with Crippen LogP contribution in [0.2, 0.25) is 0 Å². The molecule has 660 valence electrons. The summed E-state index contributed by atoms with van der Waals surface area (Å²) in [6, 6.07) is 19.2. The van der Waals surface area contributed by atoms with Gasteiger partial charge in [0.15, 0.2) is 0 Å². The first-order valence-electron chi connectivity index (χ1n) is 73.3. The highest BCUT2D eigenvalue weighted by atomic mass is 14.3. The van der Waals surface area contributed by atoms with Gasteiger partial charge in [0.2, 0.25) is 0 Å². The average Bonchev–Trinajstić information content (AvgIpc) is 0.679. The van der Waals surface area contributed by atoms with E-state index in [9.17, 15) is 34.3 Å². The summed E-state index contributed by atoms with van der Waals surface area (Å²) in [4.78, 5) is 0. The van der Waals surface area contributed by atoms with Crippen LogP contribution < -0.4 is 0 Å². The summed E-state index contributed by atoms with van der Waals surface area (Å²) < 4.78 is 501. The van der Waals surface area contributed by atoms with E-state index in [1.165, 1.54) is 6.07 Å². The molecule has 0 unspecified atom stereocenters. The van der Waals surface area contributed by atoms with Crippen LogP contribution in [0.4, 0.5) is 0 Å². The van der Waals surface area contributed by atoms with E-state index in [2.05, 4.69) is 6.07 Å². The lowest BCUT2D eigenvalue weighted by Crippen LogP contribution is -1.91. The van der Waals surface area contributed by atoms with Crippen LogP contribution in [0.5, 0.6) is 0 Å². The molecule has 33 aromatic carbocycles. The van der Waals surface area contributed by atoms with Crippen molar-refractivity contribution < 1.29 is 75.4 Å². The molecule has 0 fully saturated rings. The Hall–Kier alpha value is -18.7. The maximum Gasteiger partial charge on any atom is 0.0630 e.